The van der Waals surface area contributed by atoms with Crippen molar-refractivity contribution in [2.45, 2.75) is 52.2 Å². The zero-order valence-electron chi connectivity index (χ0n) is 11.9. The number of carbonyl (C=O) groups excluding carboxylic acids is 2. The number of amides is 1. The van der Waals surface area contributed by atoms with Gasteiger partial charge in [-0.2, -0.15) is 0 Å². The third kappa shape index (κ3) is 3.89. The highest BCUT2D eigenvalue weighted by Crippen LogP contribution is 2.24. The maximum atomic E-state index is 12.1. The minimum absolute atomic E-state index is 0.368. The molecule has 1 aliphatic heterocycles. The lowest BCUT2D eigenvalue weighted by Gasteiger charge is -2.37. The van der Waals surface area contributed by atoms with Crippen LogP contribution in [-0.2, 0) is 14.3 Å². The van der Waals surface area contributed by atoms with E-state index in [1.807, 2.05) is 20.8 Å². The Morgan fingerprint density at radius 2 is 1.83 bits per heavy atom. The molecule has 1 heterocycles. The van der Waals surface area contributed by atoms with E-state index in [9.17, 15) is 9.59 Å². The van der Waals surface area contributed by atoms with Gasteiger partial charge in [0.05, 0.1) is 7.11 Å². The molecule has 0 N–H and O–H groups in total. The smallest absolute Gasteiger partial charge is 0.411 e. The third-order valence-electron chi connectivity index (χ3n) is 2.92. The van der Waals surface area contributed by atoms with Gasteiger partial charge in [0.2, 0.25) is 0 Å². The van der Waals surface area contributed by atoms with E-state index in [0.717, 1.165) is 6.42 Å². The summed E-state index contributed by atoms with van der Waals surface area (Å²) in [6.07, 6.45) is 1.11. The number of ether oxygens (including phenoxy) is 2. The van der Waals surface area contributed by atoms with E-state index in [1.54, 1.807) is 0 Å². The van der Waals surface area contributed by atoms with Gasteiger partial charge in [0.1, 0.15) is 11.6 Å². The van der Waals surface area contributed by atoms with E-state index >= 15 is 0 Å². The first-order valence-corrected chi connectivity index (χ1v) is 6.32. The van der Waals surface area contributed by atoms with E-state index < -0.39 is 17.7 Å². The number of nitrogens with zero attached hydrogens (tertiary/aromatic N) is 1. The first kappa shape index (κ1) is 14.8. The highest BCUT2D eigenvalue weighted by Gasteiger charge is 2.37. The van der Waals surface area contributed by atoms with Crippen LogP contribution >= 0.6 is 0 Å². The lowest BCUT2D eigenvalue weighted by Crippen LogP contribution is -2.52. The molecule has 1 fully saturated rings. The SMILES string of the molecule is COC(=O)[C@@H]1CC[C@H](C)CN1C(=O)OC(C)(C)C. The Bertz CT molecular complexity index is 321. The first-order valence-electron chi connectivity index (χ1n) is 6.32. The molecule has 1 amide bonds. The summed E-state index contributed by atoms with van der Waals surface area (Å²) in [5.41, 5.74) is -0.557. The van der Waals surface area contributed by atoms with Gasteiger partial charge >= 0.3 is 12.1 Å². The summed E-state index contributed by atoms with van der Waals surface area (Å²) in [6.45, 7) is 8.03. The minimum atomic E-state index is -0.557. The van der Waals surface area contributed by atoms with Crippen LogP contribution in [0.25, 0.3) is 0 Å². The van der Waals surface area contributed by atoms with Gasteiger partial charge in [0, 0.05) is 6.54 Å². The molecule has 5 heteroatoms. The van der Waals surface area contributed by atoms with Crippen molar-refractivity contribution in [2.24, 2.45) is 5.92 Å². The molecule has 0 aromatic carbocycles. The molecule has 5 nitrogen and oxygen atoms in total. The van der Waals surface area contributed by atoms with Gasteiger partial charge < -0.3 is 9.47 Å². The number of rotatable bonds is 1. The summed E-state index contributed by atoms with van der Waals surface area (Å²) >= 11 is 0. The van der Waals surface area contributed by atoms with Crippen molar-refractivity contribution in [3.63, 3.8) is 0 Å². The zero-order chi connectivity index (χ0) is 13.9. The van der Waals surface area contributed by atoms with E-state index in [1.165, 1.54) is 12.0 Å². The Hall–Kier alpha value is -1.26. The fourth-order valence-electron chi connectivity index (χ4n) is 2.06. The molecule has 0 aliphatic carbocycles. The molecule has 0 radical (unpaired) electrons. The summed E-state index contributed by atoms with van der Waals surface area (Å²) in [5.74, 6) is 0.00573. The Morgan fingerprint density at radius 1 is 1.22 bits per heavy atom. The lowest BCUT2D eigenvalue weighted by atomic mass is 9.94. The maximum Gasteiger partial charge on any atom is 0.411 e. The van der Waals surface area contributed by atoms with Gasteiger partial charge in [0.25, 0.3) is 0 Å². The largest absolute Gasteiger partial charge is 0.467 e. The van der Waals surface area contributed by atoms with Crippen LogP contribution in [0, 0.1) is 5.92 Å². The van der Waals surface area contributed by atoms with Crippen molar-refractivity contribution < 1.29 is 19.1 Å². The Balaban J connectivity index is 2.78. The van der Waals surface area contributed by atoms with Crippen molar-refractivity contribution >= 4 is 12.1 Å². The first-order chi connectivity index (χ1) is 8.24. The van der Waals surface area contributed by atoms with Crippen LogP contribution in [-0.4, -0.2) is 42.3 Å². The summed E-state index contributed by atoms with van der Waals surface area (Å²) in [4.78, 5) is 25.3. The molecule has 0 spiro atoms. The average Bonchev–Trinajstić information content (AvgIpc) is 2.25. The van der Waals surface area contributed by atoms with Gasteiger partial charge in [-0.05, 0) is 39.5 Å². The number of methoxy groups -OCH3 is 1. The van der Waals surface area contributed by atoms with Crippen LogP contribution in [0.2, 0.25) is 0 Å². The normalized spacial score (nSPS) is 24.6. The van der Waals surface area contributed by atoms with Crippen molar-refractivity contribution in [1.29, 1.82) is 0 Å². The molecule has 0 unspecified atom stereocenters. The van der Waals surface area contributed by atoms with E-state index in [4.69, 9.17) is 9.47 Å². The van der Waals surface area contributed by atoms with E-state index in [-0.39, 0.29) is 5.97 Å². The number of hydrogen-bond donors (Lipinski definition) is 0. The van der Waals surface area contributed by atoms with Gasteiger partial charge in [-0.3, -0.25) is 4.90 Å². The zero-order valence-corrected chi connectivity index (χ0v) is 11.9. The second-order valence-electron chi connectivity index (χ2n) is 5.85. The van der Waals surface area contributed by atoms with Crippen LogP contribution in [0.3, 0.4) is 0 Å². The third-order valence-corrected chi connectivity index (χ3v) is 2.92. The molecule has 0 aromatic heterocycles. The van der Waals surface area contributed by atoms with Crippen molar-refractivity contribution in [1.82, 2.24) is 4.90 Å². The second-order valence-corrected chi connectivity index (χ2v) is 5.85. The lowest BCUT2D eigenvalue weighted by molar-refractivity contribution is -0.148. The Labute approximate surface area is 108 Å². The van der Waals surface area contributed by atoms with Crippen molar-refractivity contribution in [3.05, 3.63) is 0 Å². The van der Waals surface area contributed by atoms with E-state index in [2.05, 4.69) is 6.92 Å². The highest BCUT2D eigenvalue weighted by molar-refractivity contribution is 5.81. The molecule has 0 aromatic rings. The number of piperidine rings is 1. The number of likely N-dealkylation sites (tertiary alicyclic amines) is 1. The summed E-state index contributed by atoms with van der Waals surface area (Å²) in [5, 5.41) is 0. The molecular formula is C13H23NO4. The second kappa shape index (κ2) is 5.59. The number of hydrogen-bond acceptors (Lipinski definition) is 4. The number of esters is 1. The average molecular weight is 257 g/mol. The molecule has 1 aliphatic rings. The Kier molecular flexibility index (Phi) is 4.59. The standard InChI is InChI=1S/C13H23NO4/c1-9-6-7-10(11(15)17-5)14(8-9)12(16)18-13(2,3)4/h9-10H,6-8H2,1-5H3/t9-,10-/m0/s1. The molecule has 0 saturated carbocycles. The van der Waals surface area contributed by atoms with Gasteiger partial charge in [-0.25, -0.2) is 9.59 Å². The predicted molar refractivity (Wildman–Crippen MR) is 67.1 cm³/mol. The van der Waals surface area contributed by atoms with Crippen LogP contribution < -0.4 is 0 Å². The predicted octanol–water partition coefficient (Wildman–Crippen LogP) is 2.20. The monoisotopic (exact) mass is 257 g/mol. The highest BCUT2D eigenvalue weighted by atomic mass is 16.6. The van der Waals surface area contributed by atoms with Crippen LogP contribution in [0.4, 0.5) is 4.79 Å². The van der Waals surface area contributed by atoms with Crippen LogP contribution in [0.15, 0.2) is 0 Å². The summed E-state index contributed by atoms with van der Waals surface area (Å²) in [7, 11) is 1.34. The fourth-order valence-corrected chi connectivity index (χ4v) is 2.06. The fraction of sp³-hybridized carbons (Fsp3) is 0.846. The molecule has 2 atom stereocenters. The molecule has 1 saturated heterocycles. The summed E-state index contributed by atoms with van der Waals surface area (Å²) in [6, 6.07) is -0.513. The van der Waals surface area contributed by atoms with Crippen LogP contribution in [0.1, 0.15) is 40.5 Å². The maximum absolute atomic E-state index is 12.1. The van der Waals surface area contributed by atoms with Crippen LogP contribution in [0.5, 0.6) is 0 Å². The molecule has 18 heavy (non-hydrogen) atoms. The minimum Gasteiger partial charge on any atom is -0.467 e. The quantitative estimate of drug-likeness (QED) is 0.676. The number of carbonyl (C=O) groups is 2. The van der Waals surface area contributed by atoms with Crippen molar-refractivity contribution in [2.75, 3.05) is 13.7 Å². The topological polar surface area (TPSA) is 55.8 Å². The van der Waals surface area contributed by atoms with E-state index in [0.29, 0.717) is 18.9 Å². The molecule has 0 bridgehead atoms. The Morgan fingerprint density at radius 3 is 2.33 bits per heavy atom. The molecular weight excluding hydrogens is 234 g/mol. The molecule has 1 rings (SSSR count). The summed E-state index contributed by atoms with van der Waals surface area (Å²) < 4.78 is 10.1. The van der Waals surface area contributed by atoms with Crippen molar-refractivity contribution in [3.8, 4) is 0 Å². The van der Waals surface area contributed by atoms with Gasteiger partial charge in [-0.15, -0.1) is 0 Å². The van der Waals surface area contributed by atoms with Gasteiger partial charge in [0.15, 0.2) is 0 Å². The van der Waals surface area contributed by atoms with Gasteiger partial charge in [-0.1, -0.05) is 6.92 Å². The molecule has 104 valence electrons.